The maximum Gasteiger partial charge on any atom is 0.123 e. The molecule has 0 aromatic heterocycles. The first-order valence-corrected chi connectivity index (χ1v) is 13.2. The summed E-state index contributed by atoms with van der Waals surface area (Å²) in [5, 5.41) is 10.6. The number of β-amino-alcohol motifs (C(OH)–C–C–N with tert-alkyl or cyclic N) is 1. The van der Waals surface area contributed by atoms with Gasteiger partial charge < -0.3 is 14.7 Å². The maximum absolute atomic E-state index is 13.2. The maximum atomic E-state index is 13.2. The van der Waals surface area contributed by atoms with Gasteiger partial charge in [-0.1, -0.05) is 12.1 Å². The molecular formula is C29H39Cl2FN2O2. The minimum atomic E-state index is -0.514. The van der Waals surface area contributed by atoms with Crippen LogP contribution in [-0.4, -0.2) is 55.4 Å². The number of anilines is 1. The fourth-order valence-electron chi connectivity index (χ4n) is 7.75. The third-order valence-electron chi connectivity index (χ3n) is 8.98. The van der Waals surface area contributed by atoms with E-state index in [4.69, 9.17) is 4.74 Å². The van der Waals surface area contributed by atoms with Crippen LogP contribution in [0.15, 0.2) is 48.5 Å². The third-order valence-corrected chi connectivity index (χ3v) is 8.98. The summed E-state index contributed by atoms with van der Waals surface area (Å²) in [5.74, 6) is 3.51. The van der Waals surface area contributed by atoms with Crippen LogP contribution in [0.25, 0.3) is 0 Å². The molecule has 4 saturated carbocycles. The van der Waals surface area contributed by atoms with Gasteiger partial charge in [-0.15, -0.1) is 24.8 Å². The summed E-state index contributed by atoms with van der Waals surface area (Å²) < 4.78 is 19.1. The zero-order valence-electron chi connectivity index (χ0n) is 20.9. The Bertz CT molecular complexity index is 944. The van der Waals surface area contributed by atoms with E-state index < -0.39 is 6.10 Å². The van der Waals surface area contributed by atoms with Crippen molar-refractivity contribution in [2.45, 2.75) is 50.0 Å². The first-order chi connectivity index (χ1) is 16.5. The summed E-state index contributed by atoms with van der Waals surface area (Å²) in [6.07, 6.45) is 8.05. The molecule has 7 heteroatoms. The van der Waals surface area contributed by atoms with Crippen molar-refractivity contribution in [2.24, 2.45) is 17.8 Å². The lowest BCUT2D eigenvalue weighted by Crippen LogP contribution is -2.49. The van der Waals surface area contributed by atoms with Crippen LogP contribution in [0.5, 0.6) is 5.75 Å². The summed E-state index contributed by atoms with van der Waals surface area (Å²) in [7, 11) is 0. The van der Waals surface area contributed by atoms with Gasteiger partial charge in [0.1, 0.15) is 24.3 Å². The average Bonchev–Trinajstić information content (AvgIpc) is 2.83. The van der Waals surface area contributed by atoms with Crippen molar-refractivity contribution < 1.29 is 14.2 Å². The minimum absolute atomic E-state index is 0. The molecule has 2 aromatic rings. The van der Waals surface area contributed by atoms with Crippen molar-refractivity contribution in [1.29, 1.82) is 0 Å². The van der Waals surface area contributed by atoms with Crippen molar-refractivity contribution in [3.63, 3.8) is 0 Å². The highest BCUT2D eigenvalue weighted by molar-refractivity contribution is 5.85. The Morgan fingerprint density at radius 3 is 1.94 bits per heavy atom. The zero-order chi connectivity index (χ0) is 23.1. The van der Waals surface area contributed by atoms with Gasteiger partial charge in [-0.25, -0.2) is 4.39 Å². The Morgan fingerprint density at radius 2 is 1.39 bits per heavy atom. The Labute approximate surface area is 227 Å². The van der Waals surface area contributed by atoms with E-state index >= 15 is 0 Å². The van der Waals surface area contributed by atoms with Gasteiger partial charge in [0.15, 0.2) is 0 Å². The highest BCUT2D eigenvalue weighted by Gasteiger charge is 2.51. The summed E-state index contributed by atoms with van der Waals surface area (Å²) in [6.45, 7) is 4.45. The van der Waals surface area contributed by atoms with Gasteiger partial charge >= 0.3 is 0 Å². The molecule has 4 bridgehead atoms. The number of aliphatic hydroxyl groups excluding tert-OH is 1. The largest absolute Gasteiger partial charge is 0.491 e. The van der Waals surface area contributed by atoms with Crippen molar-refractivity contribution in [3.8, 4) is 5.75 Å². The molecule has 1 saturated heterocycles. The Morgan fingerprint density at radius 1 is 0.833 bits per heavy atom. The van der Waals surface area contributed by atoms with Gasteiger partial charge in [0, 0.05) is 38.4 Å². The summed E-state index contributed by atoms with van der Waals surface area (Å²) >= 11 is 0. The van der Waals surface area contributed by atoms with Gasteiger partial charge in [0.25, 0.3) is 0 Å². The van der Waals surface area contributed by atoms with E-state index in [0.717, 1.165) is 55.4 Å². The normalized spacial score (nSPS) is 29.8. The number of rotatable bonds is 7. The fraction of sp³-hybridized carbons (Fsp3) is 0.586. The van der Waals surface area contributed by atoms with Gasteiger partial charge in [-0.3, -0.25) is 4.90 Å². The Hall–Kier alpha value is -1.53. The van der Waals surface area contributed by atoms with Crippen LogP contribution in [-0.2, 0) is 5.41 Å². The van der Waals surface area contributed by atoms with Gasteiger partial charge in [0.2, 0.25) is 0 Å². The predicted octanol–water partition coefficient (Wildman–Crippen LogP) is 5.70. The molecule has 36 heavy (non-hydrogen) atoms. The number of piperazine rings is 1. The topological polar surface area (TPSA) is 35.9 Å². The second-order valence-corrected chi connectivity index (χ2v) is 11.5. The molecule has 0 radical (unpaired) electrons. The van der Waals surface area contributed by atoms with Crippen LogP contribution in [0, 0.1) is 23.6 Å². The Balaban J connectivity index is 0.00000152. The fourth-order valence-corrected chi connectivity index (χ4v) is 7.75. The van der Waals surface area contributed by atoms with Crippen LogP contribution in [0.4, 0.5) is 10.1 Å². The molecule has 7 rings (SSSR count). The first-order valence-electron chi connectivity index (χ1n) is 13.2. The van der Waals surface area contributed by atoms with E-state index in [1.807, 2.05) is 12.1 Å². The monoisotopic (exact) mass is 536 g/mol. The van der Waals surface area contributed by atoms with Crippen LogP contribution >= 0.6 is 24.8 Å². The molecule has 0 spiro atoms. The van der Waals surface area contributed by atoms with Gasteiger partial charge in [0.05, 0.1) is 0 Å². The van der Waals surface area contributed by atoms with E-state index in [9.17, 15) is 9.50 Å². The van der Waals surface area contributed by atoms with Crippen molar-refractivity contribution in [3.05, 3.63) is 59.9 Å². The lowest BCUT2D eigenvalue weighted by Gasteiger charge is -2.57. The SMILES string of the molecule is Cl.Cl.OC(COc1ccc(C23CC4CC(CC(C4)C2)C3)cc1)CN1CCN(c2ccc(F)cc2)CC1. The highest BCUT2D eigenvalue weighted by Crippen LogP contribution is 2.60. The van der Waals surface area contributed by atoms with Crippen LogP contribution in [0.2, 0.25) is 0 Å². The zero-order valence-corrected chi connectivity index (χ0v) is 22.5. The number of ether oxygens (including phenoxy) is 1. The van der Waals surface area contributed by atoms with Crippen molar-refractivity contribution in [1.82, 2.24) is 4.90 Å². The molecular weight excluding hydrogens is 498 g/mol. The van der Waals surface area contributed by atoms with E-state index in [0.29, 0.717) is 18.6 Å². The first kappa shape index (κ1) is 27.5. The number of benzene rings is 2. The number of nitrogens with zero attached hydrogens (tertiary/aromatic N) is 2. The second kappa shape index (κ2) is 11.5. The number of hydrogen-bond donors (Lipinski definition) is 1. The second-order valence-electron chi connectivity index (χ2n) is 11.5. The molecule has 0 amide bonds. The van der Waals surface area contributed by atoms with E-state index in [1.165, 1.54) is 56.2 Å². The van der Waals surface area contributed by atoms with Crippen LogP contribution < -0.4 is 9.64 Å². The molecule has 4 nitrogen and oxygen atoms in total. The Kier molecular flexibility index (Phi) is 8.76. The molecule has 1 atom stereocenters. The number of halogens is 3. The van der Waals surface area contributed by atoms with Crippen molar-refractivity contribution in [2.75, 3.05) is 44.2 Å². The molecule has 2 aromatic carbocycles. The van der Waals surface area contributed by atoms with Gasteiger partial charge in [-0.05, 0) is 104 Å². The summed E-state index contributed by atoms with van der Waals surface area (Å²) in [6, 6.07) is 15.5. The van der Waals surface area contributed by atoms with Crippen LogP contribution in [0.3, 0.4) is 0 Å². The quantitative estimate of drug-likeness (QED) is 0.492. The van der Waals surface area contributed by atoms with Crippen LogP contribution in [0.1, 0.15) is 44.1 Å². The molecule has 1 N–H and O–H groups in total. The van der Waals surface area contributed by atoms with E-state index in [2.05, 4.69) is 34.1 Å². The average molecular weight is 538 g/mol. The lowest BCUT2D eigenvalue weighted by molar-refractivity contribution is -0.00522. The molecule has 1 heterocycles. The van der Waals surface area contributed by atoms with Gasteiger partial charge in [-0.2, -0.15) is 0 Å². The minimum Gasteiger partial charge on any atom is -0.491 e. The third kappa shape index (κ3) is 5.80. The van der Waals surface area contributed by atoms with Crippen molar-refractivity contribution >= 4 is 30.5 Å². The molecule has 5 aliphatic rings. The molecule has 1 aliphatic heterocycles. The molecule has 1 unspecified atom stereocenters. The van der Waals surface area contributed by atoms with E-state index in [1.54, 1.807) is 0 Å². The summed E-state index contributed by atoms with van der Waals surface area (Å²) in [5.41, 5.74) is 2.99. The number of aliphatic hydroxyl groups is 1. The number of hydrogen-bond acceptors (Lipinski definition) is 4. The predicted molar refractivity (Wildman–Crippen MR) is 147 cm³/mol. The van der Waals surface area contributed by atoms with E-state index in [-0.39, 0.29) is 30.6 Å². The smallest absolute Gasteiger partial charge is 0.123 e. The molecule has 4 aliphatic carbocycles. The lowest BCUT2D eigenvalue weighted by atomic mass is 9.48. The molecule has 198 valence electrons. The summed E-state index contributed by atoms with van der Waals surface area (Å²) in [4.78, 5) is 4.55. The standard InChI is InChI=1S/C29H37FN2O2.2ClH/c30-25-3-5-26(6-4-25)32-11-9-31(10-12-32)19-27(33)20-34-28-7-1-24(2-8-28)29-16-21-13-22(17-29)15-23(14-21)18-29;;/h1-8,21-23,27,33H,9-20H2;2*1H. The highest BCUT2D eigenvalue weighted by atomic mass is 35.5. The molecule has 5 fully saturated rings.